The van der Waals surface area contributed by atoms with E-state index in [1.165, 1.54) is 44.2 Å². The summed E-state index contributed by atoms with van der Waals surface area (Å²) in [6.45, 7) is 0. The van der Waals surface area contributed by atoms with Gasteiger partial charge in [-0.1, -0.05) is 212 Å². The maximum Gasteiger partial charge on any atom is 0.0713 e. The van der Waals surface area contributed by atoms with E-state index in [4.69, 9.17) is 0 Å². The van der Waals surface area contributed by atoms with Crippen LogP contribution in [0.5, 0.6) is 0 Å². The Morgan fingerprint density at radius 1 is 0.300 bits per heavy atom. The van der Waals surface area contributed by atoms with E-state index >= 15 is 0 Å². The Morgan fingerprint density at radius 2 is 0.800 bits per heavy atom. The number of para-hydroxylation sites is 5. The highest BCUT2D eigenvalue weighted by Crippen LogP contribution is 2.58. The molecule has 0 atom stereocenters. The first-order valence-electron chi connectivity index (χ1n) is 24.1. The maximum atomic E-state index is 2.50. The van der Waals surface area contributed by atoms with Gasteiger partial charge in [0.2, 0.25) is 0 Å². The molecule has 3 nitrogen and oxygen atoms in total. The molecule has 1 heterocycles. The highest BCUT2D eigenvalue weighted by atomic mass is 15.2. The minimum Gasteiger partial charge on any atom is -0.310 e. The number of nitrogens with zero attached hydrogens (tertiary/aromatic N) is 3. The molecule has 0 bridgehead atoms. The molecule has 0 N–H and O–H groups in total. The van der Waals surface area contributed by atoms with Crippen molar-refractivity contribution < 1.29 is 0 Å². The second kappa shape index (κ2) is 17.2. The van der Waals surface area contributed by atoms with E-state index in [-0.39, 0.29) is 0 Å². The van der Waals surface area contributed by atoms with Gasteiger partial charge in [-0.15, -0.1) is 0 Å². The molecule has 0 spiro atoms. The van der Waals surface area contributed by atoms with E-state index in [0.717, 1.165) is 62.0 Å². The standard InChI is InChI=1S/C67H47N3/c1-7-25-48(26-8-1)56-37-20-23-41-62(56)69(54-43-44-61-59(45-54)57-38-19-22-40-60(57)67(61,49-27-9-2-10-28-49)50-29-11-3-12-30-50)55-46-64(68(51-31-13-4-14-32-51)52-33-15-5-16-34-52)66-58-39-21-24-42-63(58)70(65(66)47-55)53-35-17-6-18-36-53/h1-47H. The molecule has 1 aliphatic rings. The molecule has 0 radical (unpaired) electrons. The summed E-state index contributed by atoms with van der Waals surface area (Å²) in [6, 6.07) is 104. The van der Waals surface area contributed by atoms with Crippen molar-refractivity contribution in [1.82, 2.24) is 4.57 Å². The van der Waals surface area contributed by atoms with Crippen molar-refractivity contribution >= 4 is 55.9 Å². The van der Waals surface area contributed by atoms with Crippen molar-refractivity contribution in [2.24, 2.45) is 0 Å². The molecule has 0 fully saturated rings. The summed E-state index contributed by atoms with van der Waals surface area (Å²) in [5.74, 6) is 0. The van der Waals surface area contributed by atoms with Gasteiger partial charge in [0.05, 0.1) is 33.5 Å². The monoisotopic (exact) mass is 893 g/mol. The number of fused-ring (bicyclic) bond motifs is 6. The average Bonchev–Trinajstić information content (AvgIpc) is 3.93. The number of anilines is 6. The quantitative estimate of drug-likeness (QED) is 0.136. The first kappa shape index (κ1) is 41.0. The molecule has 330 valence electrons. The lowest BCUT2D eigenvalue weighted by atomic mass is 9.68. The van der Waals surface area contributed by atoms with Crippen LogP contribution in [-0.4, -0.2) is 4.57 Å². The summed E-state index contributed by atoms with van der Waals surface area (Å²) >= 11 is 0. The largest absolute Gasteiger partial charge is 0.310 e. The number of rotatable bonds is 10. The fourth-order valence-electron chi connectivity index (χ4n) is 11.3. The van der Waals surface area contributed by atoms with Crippen LogP contribution >= 0.6 is 0 Å². The Labute approximate surface area is 409 Å². The van der Waals surface area contributed by atoms with Crippen molar-refractivity contribution in [2.45, 2.75) is 5.41 Å². The van der Waals surface area contributed by atoms with Gasteiger partial charge in [0, 0.05) is 39.1 Å². The van der Waals surface area contributed by atoms with Crippen molar-refractivity contribution in [3.05, 3.63) is 307 Å². The maximum absolute atomic E-state index is 2.50. The minimum absolute atomic E-state index is 0.520. The van der Waals surface area contributed by atoms with Crippen LogP contribution in [-0.2, 0) is 5.41 Å². The molecule has 12 aromatic rings. The van der Waals surface area contributed by atoms with Crippen LogP contribution < -0.4 is 9.80 Å². The number of hydrogen-bond donors (Lipinski definition) is 0. The Kier molecular flexibility index (Phi) is 10.1. The van der Waals surface area contributed by atoms with Gasteiger partial charge in [0.25, 0.3) is 0 Å². The first-order valence-corrected chi connectivity index (χ1v) is 24.1. The van der Waals surface area contributed by atoms with Gasteiger partial charge >= 0.3 is 0 Å². The van der Waals surface area contributed by atoms with E-state index in [0.29, 0.717) is 0 Å². The molecule has 0 aliphatic heterocycles. The van der Waals surface area contributed by atoms with Crippen LogP contribution in [0.2, 0.25) is 0 Å². The molecular formula is C67H47N3. The molecule has 70 heavy (non-hydrogen) atoms. The van der Waals surface area contributed by atoms with Crippen LogP contribution in [0, 0.1) is 0 Å². The van der Waals surface area contributed by atoms with E-state index in [1.807, 2.05) is 0 Å². The van der Waals surface area contributed by atoms with Crippen LogP contribution in [0.1, 0.15) is 22.3 Å². The number of benzene rings is 11. The lowest BCUT2D eigenvalue weighted by Gasteiger charge is -2.34. The van der Waals surface area contributed by atoms with E-state index in [2.05, 4.69) is 299 Å². The second-order valence-corrected chi connectivity index (χ2v) is 18.0. The molecule has 0 saturated carbocycles. The Balaban J connectivity index is 1.15. The van der Waals surface area contributed by atoms with Crippen LogP contribution in [0.4, 0.5) is 34.1 Å². The average molecular weight is 894 g/mol. The fourth-order valence-corrected chi connectivity index (χ4v) is 11.3. The summed E-state index contributed by atoms with van der Waals surface area (Å²) in [4.78, 5) is 4.93. The van der Waals surface area contributed by atoms with Crippen molar-refractivity contribution in [3.8, 4) is 27.9 Å². The van der Waals surface area contributed by atoms with Gasteiger partial charge in [-0.25, -0.2) is 0 Å². The second-order valence-electron chi connectivity index (χ2n) is 18.0. The van der Waals surface area contributed by atoms with Gasteiger partial charge in [0.15, 0.2) is 0 Å². The smallest absolute Gasteiger partial charge is 0.0713 e. The normalized spacial score (nSPS) is 12.4. The minimum atomic E-state index is -0.520. The molecule has 3 heteroatoms. The fraction of sp³-hybridized carbons (Fsp3) is 0.0149. The summed E-state index contributed by atoms with van der Waals surface area (Å²) in [5.41, 5.74) is 19.0. The molecule has 1 aliphatic carbocycles. The molecule has 0 saturated heterocycles. The highest BCUT2D eigenvalue weighted by Gasteiger charge is 2.46. The predicted octanol–water partition coefficient (Wildman–Crippen LogP) is 17.8. The molecule has 1 aromatic heterocycles. The van der Waals surface area contributed by atoms with Crippen molar-refractivity contribution in [2.75, 3.05) is 9.80 Å². The van der Waals surface area contributed by atoms with Gasteiger partial charge in [-0.3, -0.25) is 0 Å². The van der Waals surface area contributed by atoms with E-state index in [9.17, 15) is 0 Å². The summed E-state index contributed by atoms with van der Waals surface area (Å²) in [5, 5.41) is 2.36. The number of aromatic nitrogens is 1. The third-order valence-electron chi connectivity index (χ3n) is 14.2. The zero-order chi connectivity index (χ0) is 46.4. The lowest BCUT2D eigenvalue weighted by Crippen LogP contribution is -2.28. The molecule has 0 amide bonds. The van der Waals surface area contributed by atoms with Crippen molar-refractivity contribution in [1.29, 1.82) is 0 Å². The molecule has 13 rings (SSSR count). The van der Waals surface area contributed by atoms with Gasteiger partial charge in [-0.2, -0.15) is 0 Å². The Bertz CT molecular complexity index is 3730. The zero-order valence-electron chi connectivity index (χ0n) is 38.5. The Morgan fingerprint density at radius 3 is 1.46 bits per heavy atom. The molecule has 0 unspecified atom stereocenters. The van der Waals surface area contributed by atoms with Gasteiger partial charge < -0.3 is 14.4 Å². The SMILES string of the molecule is c1ccc(-c2ccccc2N(c2ccc3c(c2)-c2ccccc2C3(c2ccccc2)c2ccccc2)c2cc(N(c3ccccc3)c3ccccc3)c3c4ccccc4n(-c4ccccc4)c3c2)cc1. The van der Waals surface area contributed by atoms with Crippen molar-refractivity contribution in [3.63, 3.8) is 0 Å². The Hall–Kier alpha value is -9.18. The summed E-state index contributed by atoms with van der Waals surface area (Å²) in [7, 11) is 0. The lowest BCUT2D eigenvalue weighted by molar-refractivity contribution is 0.768. The first-order chi connectivity index (χ1) is 34.8. The summed E-state index contributed by atoms with van der Waals surface area (Å²) in [6.07, 6.45) is 0. The van der Waals surface area contributed by atoms with E-state index in [1.54, 1.807) is 0 Å². The topological polar surface area (TPSA) is 11.4 Å². The molecule has 11 aromatic carbocycles. The predicted molar refractivity (Wildman–Crippen MR) is 293 cm³/mol. The van der Waals surface area contributed by atoms with E-state index < -0.39 is 5.41 Å². The summed E-state index contributed by atoms with van der Waals surface area (Å²) < 4.78 is 2.44. The van der Waals surface area contributed by atoms with Gasteiger partial charge in [-0.05, 0) is 112 Å². The molecular weight excluding hydrogens is 847 g/mol. The third kappa shape index (κ3) is 6.58. The third-order valence-corrected chi connectivity index (χ3v) is 14.2. The van der Waals surface area contributed by atoms with Crippen LogP contribution in [0.3, 0.4) is 0 Å². The van der Waals surface area contributed by atoms with Gasteiger partial charge in [0.1, 0.15) is 0 Å². The number of hydrogen-bond acceptors (Lipinski definition) is 2. The highest BCUT2D eigenvalue weighted by molar-refractivity contribution is 6.18. The zero-order valence-corrected chi connectivity index (χ0v) is 38.5. The van der Waals surface area contributed by atoms with Crippen LogP contribution in [0.15, 0.2) is 285 Å². The van der Waals surface area contributed by atoms with Crippen LogP contribution in [0.25, 0.3) is 49.7 Å².